The zero-order chi connectivity index (χ0) is 13.3. The van der Waals surface area contributed by atoms with E-state index in [4.69, 9.17) is 16.0 Å². The van der Waals surface area contributed by atoms with E-state index in [9.17, 15) is 13.6 Å². The molecule has 3 nitrogen and oxygen atoms in total. The van der Waals surface area contributed by atoms with Gasteiger partial charge in [0.05, 0.1) is 11.8 Å². The van der Waals surface area contributed by atoms with Crippen molar-refractivity contribution in [3.8, 4) is 0 Å². The number of carbonyl (C=O) groups is 1. The van der Waals surface area contributed by atoms with Crippen molar-refractivity contribution in [3.63, 3.8) is 0 Å². The van der Waals surface area contributed by atoms with E-state index < -0.39 is 23.2 Å². The van der Waals surface area contributed by atoms with Gasteiger partial charge in [-0.15, -0.1) is 0 Å². The van der Waals surface area contributed by atoms with Crippen molar-refractivity contribution in [2.45, 2.75) is 0 Å². The Morgan fingerprint density at radius 2 is 1.94 bits per heavy atom. The summed E-state index contributed by atoms with van der Waals surface area (Å²) in [4.78, 5) is 11.7. The molecule has 1 heterocycles. The molecule has 0 unspecified atom stereocenters. The first-order chi connectivity index (χ1) is 8.49. The molecule has 2 aromatic rings. The van der Waals surface area contributed by atoms with Gasteiger partial charge in [0.15, 0.2) is 16.3 Å². The van der Waals surface area contributed by atoms with E-state index in [1.165, 1.54) is 12.3 Å². The quantitative estimate of drug-likeness (QED) is 0.892. The van der Waals surface area contributed by atoms with Crippen LogP contribution >= 0.6 is 27.5 Å². The minimum absolute atomic E-state index is 0.0903. The average Bonchev–Trinajstić information content (AvgIpc) is 2.69. The van der Waals surface area contributed by atoms with Crippen LogP contribution in [0.1, 0.15) is 10.4 Å². The van der Waals surface area contributed by atoms with Crippen molar-refractivity contribution in [1.29, 1.82) is 0 Å². The number of amides is 1. The molecule has 2 rings (SSSR count). The lowest BCUT2D eigenvalue weighted by atomic mass is 10.2. The lowest BCUT2D eigenvalue weighted by Gasteiger charge is -2.07. The lowest BCUT2D eigenvalue weighted by Crippen LogP contribution is -2.14. The van der Waals surface area contributed by atoms with Crippen molar-refractivity contribution >= 4 is 39.1 Å². The van der Waals surface area contributed by atoms with Crippen molar-refractivity contribution in [2.75, 3.05) is 5.32 Å². The predicted octanol–water partition coefficient (Wildman–Crippen LogP) is 4.23. The number of nitrogens with one attached hydrogen (secondary N) is 1. The molecule has 1 aromatic carbocycles. The first-order valence-corrected chi connectivity index (χ1v) is 5.85. The van der Waals surface area contributed by atoms with E-state index in [-0.39, 0.29) is 15.3 Å². The van der Waals surface area contributed by atoms with Crippen LogP contribution in [0.15, 0.2) is 33.5 Å². The second kappa shape index (κ2) is 5.07. The van der Waals surface area contributed by atoms with E-state index in [0.717, 1.165) is 12.1 Å². The Kier molecular flexibility index (Phi) is 3.68. The zero-order valence-electron chi connectivity index (χ0n) is 8.64. The average molecular weight is 337 g/mol. The molecule has 18 heavy (non-hydrogen) atoms. The van der Waals surface area contributed by atoms with Crippen molar-refractivity contribution in [2.24, 2.45) is 0 Å². The molecule has 0 saturated carbocycles. The molecule has 0 atom stereocenters. The van der Waals surface area contributed by atoms with Gasteiger partial charge in [0.25, 0.3) is 5.91 Å². The molecule has 7 heteroatoms. The van der Waals surface area contributed by atoms with E-state index in [1.54, 1.807) is 0 Å². The number of rotatable bonds is 2. The van der Waals surface area contributed by atoms with Gasteiger partial charge in [0.2, 0.25) is 0 Å². The largest absolute Gasteiger partial charge is 0.457 e. The summed E-state index contributed by atoms with van der Waals surface area (Å²) in [5.74, 6) is -2.60. The zero-order valence-corrected chi connectivity index (χ0v) is 11.0. The maximum absolute atomic E-state index is 13.4. The predicted molar refractivity (Wildman–Crippen MR) is 65.7 cm³/mol. The molecule has 1 amide bonds. The number of furan rings is 1. The molecular formula is C11H5BrClF2NO2. The first kappa shape index (κ1) is 13.0. The van der Waals surface area contributed by atoms with E-state index in [1.807, 2.05) is 0 Å². The number of hydrogen-bond donors (Lipinski definition) is 1. The molecule has 0 bridgehead atoms. The van der Waals surface area contributed by atoms with Gasteiger partial charge in [-0.3, -0.25) is 4.79 Å². The fraction of sp³-hybridized carbons (Fsp3) is 0. The van der Waals surface area contributed by atoms with Gasteiger partial charge in [-0.2, -0.15) is 0 Å². The Hall–Kier alpha value is -1.40. The summed E-state index contributed by atoms with van der Waals surface area (Å²) >= 11 is 8.46. The monoisotopic (exact) mass is 335 g/mol. The van der Waals surface area contributed by atoms with Gasteiger partial charge in [-0.25, -0.2) is 8.78 Å². The summed E-state index contributed by atoms with van der Waals surface area (Å²) in [5.41, 5.74) is -0.429. The molecular weight excluding hydrogens is 331 g/mol. The highest BCUT2D eigenvalue weighted by molar-refractivity contribution is 9.10. The highest BCUT2D eigenvalue weighted by Gasteiger charge is 2.17. The highest BCUT2D eigenvalue weighted by Crippen LogP contribution is 2.25. The Balaban J connectivity index is 2.31. The third kappa shape index (κ3) is 2.54. The van der Waals surface area contributed by atoms with Crippen molar-refractivity contribution in [1.82, 2.24) is 0 Å². The first-order valence-electron chi connectivity index (χ1n) is 4.68. The molecule has 0 aliphatic heterocycles. The molecule has 0 saturated heterocycles. The Morgan fingerprint density at radius 1 is 1.33 bits per heavy atom. The summed E-state index contributed by atoms with van der Waals surface area (Å²) in [6, 6.07) is 3.18. The maximum Gasteiger partial charge on any atom is 0.260 e. The van der Waals surface area contributed by atoms with Crippen molar-refractivity contribution < 1.29 is 18.0 Å². The minimum Gasteiger partial charge on any atom is -0.457 e. The van der Waals surface area contributed by atoms with Gasteiger partial charge < -0.3 is 9.73 Å². The molecule has 94 valence electrons. The third-order valence-corrected chi connectivity index (χ3v) is 2.94. The summed E-state index contributed by atoms with van der Waals surface area (Å²) < 4.78 is 31.9. The summed E-state index contributed by atoms with van der Waals surface area (Å²) in [5, 5.41) is 2.02. The van der Waals surface area contributed by atoms with E-state index in [2.05, 4.69) is 21.2 Å². The van der Waals surface area contributed by atoms with Crippen LogP contribution in [0.5, 0.6) is 0 Å². The fourth-order valence-corrected chi connectivity index (χ4v) is 1.91. The van der Waals surface area contributed by atoms with Gasteiger partial charge in [-0.1, -0.05) is 11.6 Å². The van der Waals surface area contributed by atoms with Crippen LogP contribution in [-0.4, -0.2) is 5.91 Å². The molecule has 1 aromatic heterocycles. The second-order valence-corrected chi connectivity index (χ2v) is 4.46. The van der Waals surface area contributed by atoms with Gasteiger partial charge in [0.1, 0.15) is 5.69 Å². The highest BCUT2D eigenvalue weighted by atomic mass is 79.9. The Morgan fingerprint density at radius 3 is 2.44 bits per heavy atom. The molecule has 0 fully saturated rings. The third-order valence-electron chi connectivity index (χ3n) is 2.11. The molecule has 0 spiro atoms. The van der Waals surface area contributed by atoms with Crippen LogP contribution < -0.4 is 5.32 Å². The molecule has 0 radical (unpaired) electrons. The summed E-state index contributed by atoms with van der Waals surface area (Å²) in [6.45, 7) is 0. The Bertz CT molecular complexity index is 592. The normalized spacial score (nSPS) is 10.4. The van der Waals surface area contributed by atoms with Crippen LogP contribution in [0.25, 0.3) is 0 Å². The topological polar surface area (TPSA) is 42.2 Å². The van der Waals surface area contributed by atoms with Crippen LogP contribution in [0.4, 0.5) is 14.5 Å². The number of hydrogen-bond acceptors (Lipinski definition) is 2. The standard InChI is InChI=1S/C11H5BrClF2NO2/c12-10-6(1-2-18-10)11(17)16-9-7(14)3-5(13)4-8(9)15/h1-4H,(H,16,17). The second-order valence-electron chi connectivity index (χ2n) is 3.31. The van der Waals surface area contributed by atoms with Gasteiger partial charge in [0, 0.05) is 5.02 Å². The van der Waals surface area contributed by atoms with Crippen LogP contribution in [0.3, 0.4) is 0 Å². The summed E-state index contributed by atoms with van der Waals surface area (Å²) in [7, 11) is 0. The Labute approximate surface area is 114 Å². The minimum atomic E-state index is -0.951. The lowest BCUT2D eigenvalue weighted by molar-refractivity contribution is 0.102. The molecule has 0 aliphatic rings. The molecule has 0 aliphatic carbocycles. The maximum atomic E-state index is 13.4. The van der Waals surface area contributed by atoms with Crippen molar-refractivity contribution in [3.05, 3.63) is 51.4 Å². The van der Waals surface area contributed by atoms with Crippen LogP contribution in [0.2, 0.25) is 5.02 Å². The number of anilines is 1. The van der Waals surface area contributed by atoms with Gasteiger partial charge in [-0.05, 0) is 34.1 Å². The summed E-state index contributed by atoms with van der Waals surface area (Å²) in [6.07, 6.45) is 1.27. The number of carbonyl (C=O) groups excluding carboxylic acids is 1. The van der Waals surface area contributed by atoms with Gasteiger partial charge >= 0.3 is 0 Å². The van der Waals surface area contributed by atoms with E-state index >= 15 is 0 Å². The SMILES string of the molecule is O=C(Nc1c(F)cc(Cl)cc1F)c1ccoc1Br. The molecule has 1 N–H and O–H groups in total. The van der Waals surface area contributed by atoms with Crippen LogP contribution in [-0.2, 0) is 0 Å². The smallest absolute Gasteiger partial charge is 0.260 e. The van der Waals surface area contributed by atoms with Crippen LogP contribution in [0, 0.1) is 11.6 Å². The fourth-order valence-electron chi connectivity index (χ4n) is 1.30. The van der Waals surface area contributed by atoms with E-state index in [0.29, 0.717) is 0 Å². The number of halogens is 4. The number of benzene rings is 1.